The van der Waals surface area contributed by atoms with E-state index in [9.17, 15) is 4.79 Å². The molecule has 2 aromatic rings. The number of carbonyl (C=O) groups is 1. The van der Waals surface area contributed by atoms with Gasteiger partial charge in [-0.25, -0.2) is 4.79 Å². The molecule has 0 heterocycles. The molecule has 0 saturated carbocycles. The number of para-hydroxylation sites is 1. The van der Waals surface area contributed by atoms with Crippen LogP contribution in [0.4, 0.5) is 0 Å². The van der Waals surface area contributed by atoms with E-state index in [0.29, 0.717) is 12.2 Å². The van der Waals surface area contributed by atoms with Crippen molar-refractivity contribution in [1.82, 2.24) is 0 Å². The lowest BCUT2D eigenvalue weighted by molar-refractivity contribution is -0.145. The SMILES string of the molecule is COc1ccccc1C/C=N/OC(=O)COc1cc(C)cc(C)c1C. The van der Waals surface area contributed by atoms with Crippen LogP contribution in [0.25, 0.3) is 0 Å². The van der Waals surface area contributed by atoms with Gasteiger partial charge in [-0.05, 0) is 55.2 Å². The van der Waals surface area contributed by atoms with Crippen molar-refractivity contribution in [2.75, 3.05) is 13.7 Å². The van der Waals surface area contributed by atoms with Gasteiger partial charge in [-0.15, -0.1) is 0 Å². The fraction of sp³-hybridized carbons (Fsp3) is 0.300. The van der Waals surface area contributed by atoms with Gasteiger partial charge < -0.3 is 14.3 Å². The molecule has 0 saturated heterocycles. The molecule has 0 fully saturated rings. The highest BCUT2D eigenvalue weighted by Gasteiger charge is 2.08. The van der Waals surface area contributed by atoms with Gasteiger partial charge in [-0.1, -0.05) is 29.4 Å². The van der Waals surface area contributed by atoms with E-state index >= 15 is 0 Å². The average Bonchev–Trinajstić information content (AvgIpc) is 2.60. The summed E-state index contributed by atoms with van der Waals surface area (Å²) in [5.74, 6) is 0.913. The summed E-state index contributed by atoms with van der Waals surface area (Å²) in [4.78, 5) is 16.6. The number of methoxy groups -OCH3 is 1. The van der Waals surface area contributed by atoms with Gasteiger partial charge in [0.05, 0.1) is 7.11 Å². The second-order valence-electron chi connectivity index (χ2n) is 5.76. The fourth-order valence-corrected chi connectivity index (χ4v) is 2.42. The van der Waals surface area contributed by atoms with Crippen LogP contribution in [0.1, 0.15) is 22.3 Å². The summed E-state index contributed by atoms with van der Waals surface area (Å²) in [7, 11) is 1.61. The van der Waals surface area contributed by atoms with Crippen molar-refractivity contribution >= 4 is 12.2 Å². The highest BCUT2D eigenvalue weighted by Crippen LogP contribution is 2.23. The predicted molar refractivity (Wildman–Crippen MR) is 97.4 cm³/mol. The summed E-state index contributed by atoms with van der Waals surface area (Å²) < 4.78 is 10.8. The van der Waals surface area contributed by atoms with Crippen molar-refractivity contribution in [3.63, 3.8) is 0 Å². The first-order valence-corrected chi connectivity index (χ1v) is 8.05. The van der Waals surface area contributed by atoms with E-state index in [1.54, 1.807) is 7.11 Å². The lowest BCUT2D eigenvalue weighted by Gasteiger charge is -2.11. The Morgan fingerprint density at radius 2 is 1.88 bits per heavy atom. The first-order valence-electron chi connectivity index (χ1n) is 8.05. The molecule has 0 atom stereocenters. The highest BCUT2D eigenvalue weighted by molar-refractivity contribution is 5.72. The minimum atomic E-state index is -0.546. The molecule has 0 radical (unpaired) electrons. The molecule has 0 bridgehead atoms. The summed E-state index contributed by atoms with van der Waals surface area (Å²) in [6.07, 6.45) is 2.03. The van der Waals surface area contributed by atoms with Crippen LogP contribution < -0.4 is 9.47 Å². The van der Waals surface area contributed by atoms with E-state index in [2.05, 4.69) is 11.2 Å². The van der Waals surface area contributed by atoms with E-state index in [1.807, 2.05) is 51.1 Å². The molecule has 2 aromatic carbocycles. The van der Waals surface area contributed by atoms with Crippen LogP contribution in [0.5, 0.6) is 11.5 Å². The monoisotopic (exact) mass is 341 g/mol. The molecule has 0 aliphatic rings. The lowest BCUT2D eigenvalue weighted by atomic mass is 10.1. The van der Waals surface area contributed by atoms with Gasteiger partial charge >= 0.3 is 5.97 Å². The number of aryl methyl sites for hydroxylation is 2. The number of nitrogens with zero attached hydrogens (tertiary/aromatic N) is 1. The van der Waals surface area contributed by atoms with Gasteiger partial charge in [0.1, 0.15) is 11.5 Å². The van der Waals surface area contributed by atoms with Crippen molar-refractivity contribution in [1.29, 1.82) is 0 Å². The molecular weight excluding hydrogens is 318 g/mol. The molecule has 0 N–H and O–H groups in total. The molecular formula is C20H23NO4. The molecule has 0 amide bonds. The van der Waals surface area contributed by atoms with Crippen LogP contribution in [0.15, 0.2) is 41.6 Å². The summed E-state index contributed by atoms with van der Waals surface area (Å²) in [6, 6.07) is 11.6. The molecule has 0 aliphatic heterocycles. The van der Waals surface area contributed by atoms with E-state index in [0.717, 1.165) is 28.0 Å². The Kier molecular flexibility index (Phi) is 6.57. The Morgan fingerprint density at radius 3 is 2.64 bits per heavy atom. The zero-order valence-electron chi connectivity index (χ0n) is 15.0. The van der Waals surface area contributed by atoms with Crippen LogP contribution in [0, 0.1) is 20.8 Å². The first kappa shape index (κ1) is 18.5. The van der Waals surface area contributed by atoms with Crippen molar-refractivity contribution in [2.45, 2.75) is 27.2 Å². The van der Waals surface area contributed by atoms with Gasteiger partial charge in [0.2, 0.25) is 0 Å². The standard InChI is InChI=1S/C20H23NO4/c1-14-11-15(2)16(3)19(12-14)24-13-20(22)25-21-10-9-17-7-5-6-8-18(17)23-4/h5-8,10-12H,9,13H2,1-4H3/b21-10+. The fourth-order valence-electron chi connectivity index (χ4n) is 2.42. The Bertz CT molecular complexity index is 768. The Morgan fingerprint density at radius 1 is 1.12 bits per heavy atom. The van der Waals surface area contributed by atoms with Crippen LogP contribution >= 0.6 is 0 Å². The number of hydrogen-bond acceptors (Lipinski definition) is 5. The Hall–Kier alpha value is -2.82. The molecule has 2 rings (SSSR count). The third-order valence-electron chi connectivity index (χ3n) is 3.84. The summed E-state index contributed by atoms with van der Waals surface area (Å²) in [5.41, 5.74) is 4.18. The van der Waals surface area contributed by atoms with Crippen LogP contribution in [0.3, 0.4) is 0 Å². The van der Waals surface area contributed by atoms with Crippen LogP contribution in [-0.4, -0.2) is 25.9 Å². The number of oxime groups is 1. The zero-order valence-corrected chi connectivity index (χ0v) is 15.0. The van der Waals surface area contributed by atoms with Crippen LogP contribution in [0.2, 0.25) is 0 Å². The third kappa shape index (κ3) is 5.35. The Labute approximate surface area is 148 Å². The summed E-state index contributed by atoms with van der Waals surface area (Å²) >= 11 is 0. The molecule has 25 heavy (non-hydrogen) atoms. The number of ether oxygens (including phenoxy) is 2. The number of rotatable bonds is 7. The summed E-state index contributed by atoms with van der Waals surface area (Å²) in [5, 5.41) is 3.70. The first-order chi connectivity index (χ1) is 12.0. The molecule has 0 spiro atoms. The topological polar surface area (TPSA) is 57.1 Å². The minimum absolute atomic E-state index is 0.185. The molecule has 5 nitrogen and oxygen atoms in total. The quantitative estimate of drug-likeness (QED) is 0.437. The van der Waals surface area contributed by atoms with Gasteiger partial charge in [0.15, 0.2) is 6.61 Å². The minimum Gasteiger partial charge on any atom is -0.496 e. The molecule has 0 aromatic heterocycles. The van der Waals surface area contributed by atoms with Gasteiger partial charge in [0.25, 0.3) is 0 Å². The average molecular weight is 341 g/mol. The number of hydrogen-bond donors (Lipinski definition) is 0. The van der Waals surface area contributed by atoms with E-state index in [4.69, 9.17) is 14.3 Å². The van der Waals surface area contributed by atoms with E-state index in [-0.39, 0.29) is 6.61 Å². The normalized spacial score (nSPS) is 10.7. The second-order valence-corrected chi connectivity index (χ2v) is 5.76. The van der Waals surface area contributed by atoms with Crippen molar-refractivity contribution in [3.05, 3.63) is 58.7 Å². The predicted octanol–water partition coefficient (Wildman–Crippen LogP) is 3.77. The van der Waals surface area contributed by atoms with Crippen LogP contribution in [-0.2, 0) is 16.1 Å². The highest BCUT2D eigenvalue weighted by atomic mass is 16.7. The molecule has 0 aliphatic carbocycles. The van der Waals surface area contributed by atoms with Crippen molar-refractivity contribution in [3.8, 4) is 11.5 Å². The molecule has 132 valence electrons. The lowest BCUT2D eigenvalue weighted by Crippen LogP contribution is -2.13. The molecule has 0 unspecified atom stereocenters. The van der Waals surface area contributed by atoms with Gasteiger partial charge in [0, 0.05) is 12.6 Å². The largest absolute Gasteiger partial charge is 0.496 e. The maximum atomic E-state index is 11.7. The van der Waals surface area contributed by atoms with E-state index in [1.165, 1.54) is 6.21 Å². The second kappa shape index (κ2) is 8.87. The number of carbonyl (C=O) groups excluding carboxylic acids is 1. The number of benzene rings is 2. The van der Waals surface area contributed by atoms with Crippen molar-refractivity contribution < 1.29 is 19.1 Å². The van der Waals surface area contributed by atoms with Gasteiger partial charge in [-0.2, -0.15) is 0 Å². The van der Waals surface area contributed by atoms with E-state index < -0.39 is 5.97 Å². The zero-order chi connectivity index (χ0) is 18.2. The Balaban J connectivity index is 1.83. The maximum Gasteiger partial charge on any atom is 0.371 e. The molecule has 5 heteroatoms. The smallest absolute Gasteiger partial charge is 0.371 e. The maximum absolute atomic E-state index is 11.7. The summed E-state index contributed by atoms with van der Waals surface area (Å²) in [6.45, 7) is 5.77. The third-order valence-corrected chi connectivity index (χ3v) is 3.84. The van der Waals surface area contributed by atoms with Crippen molar-refractivity contribution in [2.24, 2.45) is 5.16 Å². The van der Waals surface area contributed by atoms with Gasteiger partial charge in [-0.3, -0.25) is 0 Å².